The van der Waals surface area contributed by atoms with Crippen LogP contribution in [0.2, 0.25) is 0 Å². The summed E-state index contributed by atoms with van der Waals surface area (Å²) in [5, 5.41) is 18.1. The van der Waals surface area contributed by atoms with Gasteiger partial charge in [0.1, 0.15) is 0 Å². The largest absolute Gasteiger partial charge is 0.356 e. The molecule has 0 rings (SSSR count). The molecule has 0 spiro atoms. The molecule has 1 unspecified atom stereocenters. The molecular weight excluding hydrogens is 288 g/mol. The van der Waals surface area contributed by atoms with Crippen molar-refractivity contribution in [1.82, 2.24) is 0 Å². The summed E-state index contributed by atoms with van der Waals surface area (Å²) in [5.74, 6) is 0. The minimum Gasteiger partial charge on any atom is -0.356 e. The van der Waals surface area contributed by atoms with Crippen molar-refractivity contribution < 1.29 is 10.2 Å². The van der Waals surface area contributed by atoms with Gasteiger partial charge in [-0.1, -0.05) is 48.5 Å². The Bertz CT molecular complexity index is 112. The fourth-order valence-corrected chi connectivity index (χ4v) is 1.49. The average Bonchev–Trinajstić information content (AvgIpc) is 1.96. The molecule has 0 aliphatic rings. The van der Waals surface area contributed by atoms with Gasteiger partial charge in [0.25, 0.3) is 0 Å². The molecule has 74 valence electrons. The van der Waals surface area contributed by atoms with Crippen LogP contribution in [0.15, 0.2) is 0 Å². The lowest BCUT2D eigenvalue weighted by Crippen LogP contribution is -2.30. The van der Waals surface area contributed by atoms with Crippen LogP contribution in [-0.2, 0) is 0 Å². The Morgan fingerprint density at radius 3 is 2.25 bits per heavy atom. The van der Waals surface area contributed by atoms with Gasteiger partial charge in [0.15, 0.2) is 0 Å². The Morgan fingerprint density at radius 2 is 1.83 bits per heavy atom. The molecule has 2 N–H and O–H groups in total. The number of halogens is 2. The zero-order valence-corrected chi connectivity index (χ0v) is 10.4. The molecule has 4 heteroatoms. The van der Waals surface area contributed by atoms with Gasteiger partial charge in [-0.25, -0.2) is 0 Å². The Balaban J connectivity index is 3.38. The lowest BCUT2D eigenvalue weighted by Gasteiger charge is -2.20. The van der Waals surface area contributed by atoms with Crippen LogP contribution < -0.4 is 0 Å². The molecule has 1 atom stereocenters. The summed E-state index contributed by atoms with van der Waals surface area (Å²) in [6, 6.07) is 0. The SMILES string of the molecule is CCCCCCC(Br)C(O)(O)Br. The summed E-state index contributed by atoms with van der Waals surface area (Å²) in [6.07, 6.45) is 5.37. The van der Waals surface area contributed by atoms with Gasteiger partial charge in [-0.2, -0.15) is 0 Å². The molecule has 2 nitrogen and oxygen atoms in total. The molecule has 0 radical (unpaired) electrons. The normalized spacial score (nSPS) is 14.8. The summed E-state index contributed by atoms with van der Waals surface area (Å²) >= 11 is 5.98. The summed E-state index contributed by atoms with van der Waals surface area (Å²) < 4.78 is -1.76. The first-order valence-corrected chi connectivity index (χ1v) is 5.97. The van der Waals surface area contributed by atoms with E-state index in [2.05, 4.69) is 38.8 Å². The highest BCUT2D eigenvalue weighted by molar-refractivity contribution is 9.12. The van der Waals surface area contributed by atoms with Crippen LogP contribution in [0.4, 0.5) is 0 Å². The Labute approximate surface area is 90.6 Å². The molecule has 0 saturated heterocycles. The van der Waals surface area contributed by atoms with Crippen molar-refractivity contribution in [2.24, 2.45) is 0 Å². The standard InChI is InChI=1S/C8H16Br2O2/c1-2-3-4-5-6-7(9)8(10,11)12/h7,11-12H,2-6H2,1H3. The van der Waals surface area contributed by atoms with Crippen molar-refractivity contribution >= 4 is 31.9 Å². The molecule has 0 heterocycles. The van der Waals surface area contributed by atoms with Crippen molar-refractivity contribution in [3.8, 4) is 0 Å². The smallest absolute Gasteiger partial charge is 0.234 e. The predicted molar refractivity (Wildman–Crippen MR) is 57.6 cm³/mol. The van der Waals surface area contributed by atoms with Crippen molar-refractivity contribution in [1.29, 1.82) is 0 Å². The van der Waals surface area contributed by atoms with Crippen LogP contribution in [0.5, 0.6) is 0 Å². The summed E-state index contributed by atoms with van der Waals surface area (Å²) in [7, 11) is 0. The molecule has 0 saturated carbocycles. The Morgan fingerprint density at radius 1 is 1.25 bits per heavy atom. The molecular formula is C8H16Br2O2. The van der Waals surface area contributed by atoms with Crippen LogP contribution in [-0.4, -0.2) is 19.7 Å². The Hall–Kier alpha value is 0.880. The summed E-state index contributed by atoms with van der Waals surface area (Å²) in [5.41, 5.74) is 0. The molecule has 0 aliphatic heterocycles. The molecule has 0 amide bonds. The third kappa shape index (κ3) is 6.40. The highest BCUT2D eigenvalue weighted by atomic mass is 79.9. The van der Waals surface area contributed by atoms with Crippen molar-refractivity contribution in [3.63, 3.8) is 0 Å². The van der Waals surface area contributed by atoms with Crippen LogP contribution in [0.25, 0.3) is 0 Å². The minimum atomic E-state index is -1.76. The number of aliphatic hydroxyl groups is 2. The molecule has 0 aliphatic carbocycles. The van der Waals surface area contributed by atoms with Gasteiger partial charge >= 0.3 is 0 Å². The van der Waals surface area contributed by atoms with E-state index >= 15 is 0 Å². The van der Waals surface area contributed by atoms with Gasteiger partial charge in [-0.05, 0) is 22.4 Å². The highest BCUT2D eigenvalue weighted by Gasteiger charge is 2.28. The first-order valence-electron chi connectivity index (χ1n) is 4.26. The number of unbranched alkanes of at least 4 members (excludes halogenated alkanes) is 3. The molecule has 0 aromatic carbocycles. The molecule has 0 aromatic heterocycles. The Kier molecular flexibility index (Phi) is 6.82. The van der Waals surface area contributed by atoms with Crippen LogP contribution in [0.1, 0.15) is 39.0 Å². The molecule has 12 heavy (non-hydrogen) atoms. The van der Waals surface area contributed by atoms with Crippen LogP contribution in [0, 0.1) is 0 Å². The lowest BCUT2D eigenvalue weighted by atomic mass is 10.1. The van der Waals surface area contributed by atoms with Crippen molar-refractivity contribution in [2.75, 3.05) is 0 Å². The van der Waals surface area contributed by atoms with E-state index in [1.807, 2.05) is 0 Å². The predicted octanol–water partition coefficient (Wildman–Crippen LogP) is 2.75. The molecule has 0 aromatic rings. The van der Waals surface area contributed by atoms with Crippen molar-refractivity contribution in [2.45, 2.75) is 48.6 Å². The van der Waals surface area contributed by atoms with Crippen LogP contribution >= 0.6 is 31.9 Å². The zero-order chi connectivity index (χ0) is 9.61. The van der Waals surface area contributed by atoms with Gasteiger partial charge in [-0.3, -0.25) is 0 Å². The van der Waals surface area contributed by atoms with Gasteiger partial charge in [0.05, 0.1) is 4.83 Å². The molecule has 0 bridgehead atoms. The lowest BCUT2D eigenvalue weighted by molar-refractivity contribution is -0.0687. The van der Waals surface area contributed by atoms with Crippen molar-refractivity contribution in [3.05, 3.63) is 0 Å². The van der Waals surface area contributed by atoms with E-state index in [-0.39, 0.29) is 4.83 Å². The van der Waals surface area contributed by atoms with Gasteiger partial charge in [0, 0.05) is 0 Å². The van der Waals surface area contributed by atoms with Gasteiger partial charge in [-0.15, -0.1) is 0 Å². The second kappa shape index (κ2) is 6.35. The first kappa shape index (κ1) is 12.9. The van der Waals surface area contributed by atoms with E-state index in [1.165, 1.54) is 12.8 Å². The van der Waals surface area contributed by atoms with E-state index in [1.54, 1.807) is 0 Å². The maximum absolute atomic E-state index is 9.07. The van der Waals surface area contributed by atoms with E-state index in [9.17, 15) is 0 Å². The first-order chi connectivity index (χ1) is 5.48. The number of alkyl halides is 2. The number of rotatable bonds is 6. The maximum Gasteiger partial charge on any atom is 0.234 e. The van der Waals surface area contributed by atoms with E-state index in [4.69, 9.17) is 10.2 Å². The minimum absolute atomic E-state index is 0.290. The van der Waals surface area contributed by atoms with E-state index in [0.717, 1.165) is 19.3 Å². The molecule has 0 fully saturated rings. The number of hydrogen-bond donors (Lipinski definition) is 2. The second-order valence-corrected chi connectivity index (χ2v) is 5.23. The monoisotopic (exact) mass is 302 g/mol. The third-order valence-corrected chi connectivity index (χ3v) is 3.97. The fourth-order valence-electron chi connectivity index (χ4n) is 0.934. The summed E-state index contributed by atoms with van der Waals surface area (Å²) in [4.78, 5) is -0.290. The van der Waals surface area contributed by atoms with Gasteiger partial charge in [0.2, 0.25) is 4.70 Å². The number of hydrogen-bond acceptors (Lipinski definition) is 2. The fraction of sp³-hybridized carbons (Fsp3) is 1.00. The second-order valence-electron chi connectivity index (χ2n) is 2.95. The zero-order valence-electron chi connectivity index (χ0n) is 7.26. The quantitative estimate of drug-likeness (QED) is 0.450. The van der Waals surface area contributed by atoms with E-state index in [0.29, 0.717) is 0 Å². The highest BCUT2D eigenvalue weighted by Crippen LogP contribution is 2.26. The topological polar surface area (TPSA) is 40.5 Å². The van der Waals surface area contributed by atoms with Gasteiger partial charge < -0.3 is 10.2 Å². The third-order valence-electron chi connectivity index (χ3n) is 1.71. The van der Waals surface area contributed by atoms with E-state index < -0.39 is 4.70 Å². The van der Waals surface area contributed by atoms with Crippen LogP contribution in [0.3, 0.4) is 0 Å². The average molecular weight is 304 g/mol. The summed E-state index contributed by atoms with van der Waals surface area (Å²) in [6.45, 7) is 2.15. The maximum atomic E-state index is 9.07.